The van der Waals surface area contributed by atoms with E-state index in [1.54, 1.807) is 0 Å². The SMILES string of the molecule is C1=Cc2c(oc3c(-c4cccc5c4oc4ccc(C6=CC7c8ccccc8N(c8ccccc8)C7C=C6)cc45)cccc23)CC1. The predicted octanol–water partition coefficient (Wildman–Crippen LogP) is 11.2. The number of furan rings is 2. The van der Waals surface area contributed by atoms with Gasteiger partial charge in [0.05, 0.1) is 6.04 Å². The first-order chi connectivity index (χ1) is 22.3. The Bertz CT molecular complexity index is 2400. The predicted molar refractivity (Wildman–Crippen MR) is 185 cm³/mol. The van der Waals surface area contributed by atoms with Crippen LogP contribution in [0.1, 0.15) is 34.8 Å². The molecule has 0 amide bonds. The van der Waals surface area contributed by atoms with Gasteiger partial charge in [0.25, 0.3) is 0 Å². The fourth-order valence-electron chi connectivity index (χ4n) is 7.81. The van der Waals surface area contributed by atoms with Crippen molar-refractivity contribution < 1.29 is 8.83 Å². The number of hydrogen-bond donors (Lipinski definition) is 0. The van der Waals surface area contributed by atoms with Crippen molar-refractivity contribution in [2.75, 3.05) is 4.90 Å². The van der Waals surface area contributed by atoms with Gasteiger partial charge in [0, 0.05) is 56.6 Å². The van der Waals surface area contributed by atoms with E-state index in [2.05, 4.69) is 144 Å². The van der Waals surface area contributed by atoms with Gasteiger partial charge in [-0.2, -0.15) is 0 Å². The Kier molecular flexibility index (Phi) is 5.23. The van der Waals surface area contributed by atoms with Crippen LogP contribution in [0.2, 0.25) is 0 Å². The zero-order chi connectivity index (χ0) is 29.5. The second-order valence-electron chi connectivity index (χ2n) is 12.3. The summed E-state index contributed by atoms with van der Waals surface area (Å²) >= 11 is 0. The molecule has 2 aliphatic carbocycles. The van der Waals surface area contributed by atoms with Gasteiger partial charge in [-0.05, 0) is 53.5 Å². The van der Waals surface area contributed by atoms with Crippen molar-refractivity contribution in [2.24, 2.45) is 0 Å². The Hall–Kier alpha value is -5.54. The van der Waals surface area contributed by atoms with Crippen molar-refractivity contribution in [2.45, 2.75) is 24.8 Å². The maximum atomic E-state index is 6.61. The van der Waals surface area contributed by atoms with E-state index in [-0.39, 0.29) is 12.0 Å². The zero-order valence-corrected chi connectivity index (χ0v) is 24.6. The quantitative estimate of drug-likeness (QED) is 0.209. The Morgan fingerprint density at radius 2 is 1.47 bits per heavy atom. The Balaban J connectivity index is 1.08. The van der Waals surface area contributed by atoms with E-state index in [9.17, 15) is 0 Å². The molecular formula is C42H29NO2. The van der Waals surface area contributed by atoms with Crippen molar-refractivity contribution in [1.82, 2.24) is 0 Å². The van der Waals surface area contributed by atoms with Crippen LogP contribution in [0.15, 0.2) is 142 Å². The van der Waals surface area contributed by atoms with Gasteiger partial charge >= 0.3 is 0 Å². The highest BCUT2D eigenvalue weighted by Crippen LogP contribution is 2.49. The van der Waals surface area contributed by atoms with Crippen LogP contribution in [-0.4, -0.2) is 6.04 Å². The monoisotopic (exact) mass is 579 g/mol. The molecule has 3 heterocycles. The first kappa shape index (κ1) is 24.9. The maximum Gasteiger partial charge on any atom is 0.143 e. The minimum Gasteiger partial charge on any atom is -0.460 e. The third-order valence-electron chi connectivity index (χ3n) is 9.86. The molecule has 3 heteroatoms. The number of anilines is 2. The highest BCUT2D eigenvalue weighted by molar-refractivity contribution is 6.12. The number of allylic oxidation sites excluding steroid dienone is 3. The summed E-state index contributed by atoms with van der Waals surface area (Å²) in [4.78, 5) is 2.48. The summed E-state index contributed by atoms with van der Waals surface area (Å²) in [5.74, 6) is 1.36. The molecule has 3 aliphatic rings. The lowest BCUT2D eigenvalue weighted by molar-refractivity contribution is 0.547. The lowest BCUT2D eigenvalue weighted by Crippen LogP contribution is -2.28. The van der Waals surface area contributed by atoms with E-state index in [4.69, 9.17) is 8.83 Å². The van der Waals surface area contributed by atoms with Gasteiger partial charge in [0.1, 0.15) is 22.5 Å². The summed E-state index contributed by atoms with van der Waals surface area (Å²) < 4.78 is 13.1. The number of aryl methyl sites for hydroxylation is 1. The third-order valence-corrected chi connectivity index (χ3v) is 9.86. The lowest BCUT2D eigenvalue weighted by atomic mass is 9.86. The standard InChI is InChI=1S/C42H29NO2/c1-2-10-28(11-3-1)43-37-18-6-4-12-29(37)35-24-26(20-22-38(35)43)27-21-23-40-36(25-27)34-17-9-16-33(42(34)45-40)32-15-8-14-31-30-13-5-7-19-39(30)44-41(31)32/h1-6,8-18,20-25,35,38H,7,19H2. The number of benzene rings is 5. The molecular weight excluding hydrogens is 550 g/mol. The van der Waals surface area contributed by atoms with E-state index >= 15 is 0 Å². The molecule has 5 aromatic carbocycles. The average molecular weight is 580 g/mol. The van der Waals surface area contributed by atoms with Gasteiger partial charge in [0.2, 0.25) is 0 Å². The van der Waals surface area contributed by atoms with Crippen LogP contribution in [0.5, 0.6) is 0 Å². The molecule has 0 spiro atoms. The molecule has 7 aromatic rings. The second kappa shape index (κ2) is 9.48. The first-order valence-corrected chi connectivity index (χ1v) is 15.8. The van der Waals surface area contributed by atoms with Crippen molar-refractivity contribution in [3.05, 3.63) is 156 Å². The minimum absolute atomic E-state index is 0.250. The Morgan fingerprint density at radius 1 is 0.667 bits per heavy atom. The van der Waals surface area contributed by atoms with Gasteiger partial charge in [-0.25, -0.2) is 0 Å². The fourth-order valence-corrected chi connectivity index (χ4v) is 7.81. The summed E-state index contributed by atoms with van der Waals surface area (Å²) in [6, 6.07) is 39.4. The molecule has 2 aromatic heterocycles. The topological polar surface area (TPSA) is 29.5 Å². The molecule has 0 radical (unpaired) electrons. The van der Waals surface area contributed by atoms with Crippen LogP contribution < -0.4 is 4.90 Å². The van der Waals surface area contributed by atoms with Gasteiger partial charge in [0.15, 0.2) is 0 Å². The van der Waals surface area contributed by atoms with Crippen molar-refractivity contribution in [1.29, 1.82) is 0 Å². The number of para-hydroxylation sites is 4. The molecule has 0 bridgehead atoms. The van der Waals surface area contributed by atoms with Crippen LogP contribution in [0.3, 0.4) is 0 Å². The summed E-state index contributed by atoms with van der Waals surface area (Å²) in [6.45, 7) is 0. The Morgan fingerprint density at radius 3 is 2.36 bits per heavy atom. The second-order valence-corrected chi connectivity index (χ2v) is 12.3. The molecule has 2 atom stereocenters. The molecule has 0 N–H and O–H groups in total. The maximum absolute atomic E-state index is 6.61. The zero-order valence-electron chi connectivity index (χ0n) is 24.6. The van der Waals surface area contributed by atoms with E-state index in [1.807, 2.05) is 0 Å². The average Bonchev–Trinajstić information content (AvgIpc) is 3.77. The molecule has 3 nitrogen and oxygen atoms in total. The van der Waals surface area contributed by atoms with Crippen molar-refractivity contribution in [3.63, 3.8) is 0 Å². The summed E-state index contributed by atoms with van der Waals surface area (Å²) in [5, 5.41) is 3.42. The van der Waals surface area contributed by atoms with Crippen LogP contribution in [0, 0.1) is 0 Å². The molecule has 0 saturated carbocycles. The third kappa shape index (κ3) is 3.64. The van der Waals surface area contributed by atoms with Gasteiger partial charge < -0.3 is 13.7 Å². The van der Waals surface area contributed by atoms with E-state index in [0.717, 1.165) is 57.3 Å². The highest BCUT2D eigenvalue weighted by atomic mass is 16.3. The van der Waals surface area contributed by atoms with Crippen molar-refractivity contribution >= 4 is 55.9 Å². The summed E-state index contributed by atoms with van der Waals surface area (Å²) in [5.41, 5.74) is 12.4. The highest BCUT2D eigenvalue weighted by Gasteiger charge is 2.38. The number of fused-ring (bicyclic) bond motifs is 9. The normalized spacial score (nSPS) is 18.4. The minimum atomic E-state index is 0.250. The number of hydrogen-bond acceptors (Lipinski definition) is 3. The number of rotatable bonds is 3. The fraction of sp³-hybridized carbons (Fsp3) is 0.0952. The van der Waals surface area contributed by atoms with Gasteiger partial charge in [-0.3, -0.25) is 0 Å². The largest absolute Gasteiger partial charge is 0.460 e. The Labute approximate surface area is 261 Å². The van der Waals surface area contributed by atoms with E-state index in [0.29, 0.717) is 0 Å². The summed E-state index contributed by atoms with van der Waals surface area (Å²) in [7, 11) is 0. The molecule has 10 rings (SSSR count). The summed E-state index contributed by atoms with van der Waals surface area (Å²) in [6.07, 6.45) is 13.5. The molecule has 0 saturated heterocycles. The van der Waals surface area contributed by atoms with Gasteiger partial charge in [-0.15, -0.1) is 0 Å². The first-order valence-electron chi connectivity index (χ1n) is 15.8. The molecule has 214 valence electrons. The van der Waals surface area contributed by atoms with E-state index < -0.39 is 0 Å². The van der Waals surface area contributed by atoms with Gasteiger partial charge in [-0.1, -0.05) is 109 Å². The van der Waals surface area contributed by atoms with E-state index in [1.165, 1.54) is 39.0 Å². The number of nitrogens with zero attached hydrogens (tertiary/aromatic N) is 1. The molecule has 1 aliphatic heterocycles. The van der Waals surface area contributed by atoms with Crippen LogP contribution in [-0.2, 0) is 6.42 Å². The lowest BCUT2D eigenvalue weighted by Gasteiger charge is -2.29. The van der Waals surface area contributed by atoms with Crippen molar-refractivity contribution in [3.8, 4) is 11.1 Å². The smallest absolute Gasteiger partial charge is 0.143 e. The molecule has 0 fully saturated rings. The molecule has 2 unspecified atom stereocenters. The van der Waals surface area contributed by atoms with Crippen LogP contribution in [0.25, 0.3) is 55.7 Å². The van der Waals surface area contributed by atoms with Crippen LogP contribution in [0.4, 0.5) is 11.4 Å². The van der Waals surface area contributed by atoms with Crippen LogP contribution >= 0.6 is 0 Å². The molecule has 45 heavy (non-hydrogen) atoms.